The van der Waals surface area contributed by atoms with Crippen LogP contribution in [0, 0.1) is 6.01 Å². The molecular formula is C21H22FNO4. The molecule has 27 heavy (non-hydrogen) atoms. The van der Waals surface area contributed by atoms with Crippen LogP contribution in [0.3, 0.4) is 0 Å². The molecule has 1 heterocycles. The quantitative estimate of drug-likeness (QED) is 0.700. The number of halogens is 1. The Morgan fingerprint density at radius 2 is 1.85 bits per heavy atom. The second-order valence-corrected chi connectivity index (χ2v) is 7.28. The summed E-state index contributed by atoms with van der Waals surface area (Å²) in [5, 5.41) is 9.97. The maximum Gasteiger partial charge on any atom is 0.415 e. The molecule has 1 amide bonds. The number of furan rings is 1. The minimum absolute atomic E-state index is 0.120. The molecule has 0 aliphatic carbocycles. The van der Waals surface area contributed by atoms with Gasteiger partial charge in [0.15, 0.2) is 0 Å². The van der Waals surface area contributed by atoms with E-state index in [1.807, 2.05) is 51.1 Å². The van der Waals surface area contributed by atoms with Crippen molar-refractivity contribution >= 4 is 22.7 Å². The molecule has 2 aromatic carbocycles. The molecule has 0 saturated carbocycles. The Hall–Kier alpha value is -2.86. The number of hydrogen-bond acceptors (Lipinski definition) is 4. The van der Waals surface area contributed by atoms with Crippen LogP contribution in [0.15, 0.2) is 52.9 Å². The Morgan fingerprint density at radius 1 is 1.15 bits per heavy atom. The van der Waals surface area contributed by atoms with Gasteiger partial charge in [0, 0.05) is 17.0 Å². The van der Waals surface area contributed by atoms with E-state index in [1.165, 1.54) is 11.0 Å². The number of nitrogens with zero attached hydrogens (tertiary/aromatic N) is 1. The van der Waals surface area contributed by atoms with E-state index in [0.717, 1.165) is 5.56 Å². The van der Waals surface area contributed by atoms with E-state index in [9.17, 15) is 14.3 Å². The van der Waals surface area contributed by atoms with Crippen molar-refractivity contribution in [3.8, 4) is 0 Å². The van der Waals surface area contributed by atoms with Crippen LogP contribution in [0.1, 0.15) is 31.9 Å². The number of anilines is 1. The van der Waals surface area contributed by atoms with Crippen LogP contribution >= 0.6 is 0 Å². The predicted octanol–water partition coefficient (Wildman–Crippen LogP) is 5.01. The summed E-state index contributed by atoms with van der Waals surface area (Å²) in [6, 6.07) is 13.0. The average Bonchev–Trinajstić information content (AvgIpc) is 3.00. The molecule has 6 heteroatoms. The summed E-state index contributed by atoms with van der Waals surface area (Å²) in [6.45, 7) is 5.41. The first kappa shape index (κ1) is 18.9. The van der Waals surface area contributed by atoms with Crippen molar-refractivity contribution in [3.05, 3.63) is 65.7 Å². The minimum atomic E-state index is -0.757. The summed E-state index contributed by atoms with van der Waals surface area (Å²) >= 11 is 0. The van der Waals surface area contributed by atoms with E-state index in [1.54, 1.807) is 12.1 Å². The van der Waals surface area contributed by atoms with Gasteiger partial charge in [-0.2, -0.15) is 4.39 Å². The van der Waals surface area contributed by atoms with Crippen molar-refractivity contribution in [2.75, 3.05) is 4.90 Å². The lowest BCUT2D eigenvalue weighted by molar-refractivity contribution is 0.142. The van der Waals surface area contributed by atoms with E-state index in [2.05, 4.69) is 0 Å². The fraction of sp³-hybridized carbons (Fsp3) is 0.286. The summed E-state index contributed by atoms with van der Waals surface area (Å²) in [4.78, 5) is 14.4. The van der Waals surface area contributed by atoms with Crippen molar-refractivity contribution in [2.24, 2.45) is 0 Å². The number of benzene rings is 2. The highest BCUT2D eigenvalue weighted by Gasteiger charge is 2.32. The Labute approximate surface area is 157 Å². The molecule has 3 aromatic rings. The average molecular weight is 371 g/mol. The molecule has 0 radical (unpaired) electrons. The van der Waals surface area contributed by atoms with Crippen LogP contribution in [-0.2, 0) is 18.0 Å². The molecule has 3 rings (SSSR count). The predicted molar refractivity (Wildman–Crippen MR) is 101 cm³/mol. The molecule has 0 aliphatic rings. The summed E-state index contributed by atoms with van der Waals surface area (Å²) < 4.78 is 24.3. The monoisotopic (exact) mass is 371 g/mol. The summed E-state index contributed by atoms with van der Waals surface area (Å²) in [5.41, 5.74) is 1.41. The van der Waals surface area contributed by atoms with Crippen molar-refractivity contribution in [1.82, 2.24) is 0 Å². The van der Waals surface area contributed by atoms with Gasteiger partial charge in [-0.3, -0.25) is 4.90 Å². The Kier molecular flexibility index (Phi) is 5.19. The zero-order valence-electron chi connectivity index (χ0n) is 15.5. The maximum absolute atomic E-state index is 13.7. The minimum Gasteiger partial charge on any atom is -0.444 e. The van der Waals surface area contributed by atoms with Gasteiger partial charge in [-0.1, -0.05) is 30.3 Å². The molecule has 0 spiro atoms. The van der Waals surface area contributed by atoms with E-state index in [0.29, 0.717) is 16.6 Å². The fourth-order valence-corrected chi connectivity index (χ4v) is 2.94. The van der Waals surface area contributed by atoms with Crippen LogP contribution in [0.25, 0.3) is 11.0 Å². The van der Waals surface area contributed by atoms with Crippen molar-refractivity contribution in [3.63, 3.8) is 0 Å². The number of ether oxygens (including phenoxy) is 1. The molecule has 0 saturated heterocycles. The van der Waals surface area contributed by atoms with E-state index < -0.39 is 17.6 Å². The van der Waals surface area contributed by atoms with Crippen LogP contribution in [0.2, 0.25) is 0 Å². The number of aliphatic hydroxyl groups is 1. The topological polar surface area (TPSA) is 62.9 Å². The number of carbonyl (C=O) groups excluding carboxylic acids is 1. The van der Waals surface area contributed by atoms with E-state index in [-0.39, 0.29) is 18.8 Å². The standard InChI is InChI=1S/C21H22FNO4/c1-21(2,3)23(20(25)26-13-14-7-5-4-6-8-14)17-9-15(12-24)10-18-16(17)11-19(22)27-18/h4-11,24H,12-13H2,1-3H3. The maximum atomic E-state index is 13.7. The largest absolute Gasteiger partial charge is 0.444 e. The second kappa shape index (κ2) is 7.40. The first-order valence-corrected chi connectivity index (χ1v) is 8.63. The summed E-state index contributed by atoms with van der Waals surface area (Å²) in [5.74, 6) is 0. The third-order valence-electron chi connectivity index (χ3n) is 4.13. The van der Waals surface area contributed by atoms with Crippen LogP contribution in [0.4, 0.5) is 14.9 Å². The molecule has 0 bridgehead atoms. The molecule has 1 N–H and O–H groups in total. The zero-order chi connectivity index (χ0) is 19.6. The van der Waals surface area contributed by atoms with Gasteiger partial charge in [-0.25, -0.2) is 4.79 Å². The Balaban J connectivity index is 2.00. The van der Waals surface area contributed by atoms with E-state index in [4.69, 9.17) is 9.15 Å². The van der Waals surface area contributed by atoms with Crippen molar-refractivity contribution in [1.29, 1.82) is 0 Å². The molecular weight excluding hydrogens is 349 g/mol. The first-order chi connectivity index (χ1) is 12.8. The fourth-order valence-electron chi connectivity index (χ4n) is 2.94. The molecule has 0 fully saturated rings. The smallest absolute Gasteiger partial charge is 0.415 e. The Bertz CT molecular complexity index is 944. The molecule has 5 nitrogen and oxygen atoms in total. The van der Waals surface area contributed by atoms with Gasteiger partial charge < -0.3 is 14.3 Å². The first-order valence-electron chi connectivity index (χ1n) is 8.63. The van der Waals surface area contributed by atoms with Gasteiger partial charge in [0.2, 0.25) is 0 Å². The normalized spacial score (nSPS) is 11.6. The van der Waals surface area contributed by atoms with Crippen molar-refractivity contribution < 1.29 is 23.4 Å². The highest BCUT2D eigenvalue weighted by Crippen LogP contribution is 2.35. The summed E-state index contributed by atoms with van der Waals surface area (Å²) in [6.07, 6.45) is -0.565. The molecule has 0 aliphatic heterocycles. The lowest BCUT2D eigenvalue weighted by Gasteiger charge is -2.35. The number of hydrogen-bond donors (Lipinski definition) is 1. The van der Waals surface area contributed by atoms with Gasteiger partial charge in [0.25, 0.3) is 6.01 Å². The molecule has 142 valence electrons. The van der Waals surface area contributed by atoms with Crippen LogP contribution < -0.4 is 4.90 Å². The molecule has 0 atom stereocenters. The van der Waals surface area contributed by atoms with Gasteiger partial charge in [0.05, 0.1) is 12.3 Å². The van der Waals surface area contributed by atoms with E-state index >= 15 is 0 Å². The number of amides is 1. The Morgan fingerprint density at radius 3 is 2.48 bits per heavy atom. The lowest BCUT2D eigenvalue weighted by atomic mass is 10.0. The number of carbonyl (C=O) groups is 1. The third-order valence-corrected chi connectivity index (χ3v) is 4.13. The van der Waals surface area contributed by atoms with Crippen LogP contribution in [-0.4, -0.2) is 16.7 Å². The number of fused-ring (bicyclic) bond motifs is 1. The van der Waals surface area contributed by atoms with Gasteiger partial charge in [-0.15, -0.1) is 0 Å². The third kappa shape index (κ3) is 4.11. The van der Waals surface area contributed by atoms with Gasteiger partial charge in [0.1, 0.15) is 12.2 Å². The molecule has 0 unspecified atom stereocenters. The van der Waals surface area contributed by atoms with Gasteiger partial charge >= 0.3 is 6.09 Å². The second-order valence-electron chi connectivity index (χ2n) is 7.28. The number of aliphatic hydroxyl groups excluding tert-OH is 1. The number of rotatable bonds is 4. The SMILES string of the molecule is CC(C)(C)N(C(=O)OCc1ccccc1)c1cc(CO)cc2oc(F)cc12. The summed E-state index contributed by atoms with van der Waals surface area (Å²) in [7, 11) is 0. The highest BCUT2D eigenvalue weighted by atomic mass is 19.1. The zero-order valence-corrected chi connectivity index (χ0v) is 15.5. The highest BCUT2D eigenvalue weighted by molar-refractivity contribution is 6.01. The van der Waals surface area contributed by atoms with Gasteiger partial charge in [-0.05, 0) is 44.0 Å². The van der Waals surface area contributed by atoms with Crippen LogP contribution in [0.5, 0.6) is 0 Å². The van der Waals surface area contributed by atoms with Crippen molar-refractivity contribution in [2.45, 2.75) is 39.5 Å². The molecule has 1 aromatic heterocycles. The lowest BCUT2D eigenvalue weighted by Crippen LogP contribution is -2.46.